The number of hydrogen-bond acceptors (Lipinski definition) is 5. The van der Waals surface area contributed by atoms with Crippen LogP contribution in [0.25, 0.3) is 0 Å². The average Bonchev–Trinajstić information content (AvgIpc) is 2.45. The maximum absolute atomic E-state index is 5.50. The molecule has 22 heavy (non-hydrogen) atoms. The summed E-state index contributed by atoms with van der Waals surface area (Å²) in [4.78, 5) is 18.2. The topological polar surface area (TPSA) is 60.8 Å². The smallest absolute Gasteiger partial charge is 0.220 e. The summed E-state index contributed by atoms with van der Waals surface area (Å²) in [6.07, 6.45) is 1.84. The van der Waals surface area contributed by atoms with Crippen LogP contribution in [0.5, 0.6) is 5.88 Å². The van der Waals surface area contributed by atoms with Gasteiger partial charge in [0, 0.05) is 29.1 Å². The van der Waals surface area contributed by atoms with E-state index in [1.807, 2.05) is 26.1 Å². The third-order valence-corrected chi connectivity index (χ3v) is 3.70. The molecule has 0 saturated carbocycles. The fourth-order valence-corrected chi connectivity index (χ4v) is 2.37. The molecule has 0 atom stereocenters. The number of methoxy groups -OCH3 is 1. The lowest BCUT2D eigenvalue weighted by atomic mass is 9.84. The van der Waals surface area contributed by atoms with Gasteiger partial charge in [-0.05, 0) is 33.8 Å². The Morgan fingerprint density at radius 3 is 2.14 bits per heavy atom. The summed E-state index contributed by atoms with van der Waals surface area (Å²) in [7, 11) is 1.63. The lowest BCUT2D eigenvalue weighted by molar-refractivity contribution is 0.377. The van der Waals surface area contributed by atoms with Gasteiger partial charge in [0.15, 0.2) is 0 Å². The van der Waals surface area contributed by atoms with Crippen molar-refractivity contribution in [3.05, 3.63) is 40.9 Å². The van der Waals surface area contributed by atoms with Crippen molar-refractivity contribution in [3.8, 4) is 5.88 Å². The highest BCUT2D eigenvalue weighted by molar-refractivity contribution is 5.37. The maximum Gasteiger partial charge on any atom is 0.220 e. The van der Waals surface area contributed by atoms with Crippen LogP contribution in [0.3, 0.4) is 0 Å². The summed E-state index contributed by atoms with van der Waals surface area (Å²) in [6, 6.07) is 1.97. The highest BCUT2D eigenvalue weighted by atomic mass is 16.5. The van der Waals surface area contributed by atoms with Crippen molar-refractivity contribution in [2.75, 3.05) is 7.11 Å². The molecule has 2 heterocycles. The molecule has 2 rings (SSSR count). The van der Waals surface area contributed by atoms with Crippen molar-refractivity contribution in [2.45, 2.75) is 52.9 Å². The van der Waals surface area contributed by atoms with Gasteiger partial charge in [-0.2, -0.15) is 4.98 Å². The van der Waals surface area contributed by atoms with Gasteiger partial charge < -0.3 is 4.74 Å². The number of aromatic nitrogens is 4. The van der Waals surface area contributed by atoms with Gasteiger partial charge in [-0.3, -0.25) is 0 Å². The zero-order valence-electron chi connectivity index (χ0n) is 14.4. The summed E-state index contributed by atoms with van der Waals surface area (Å²) in [6.45, 7) is 12.2. The second-order valence-electron chi connectivity index (χ2n) is 6.41. The van der Waals surface area contributed by atoms with E-state index in [0.29, 0.717) is 5.88 Å². The Morgan fingerprint density at radius 1 is 1.05 bits per heavy atom. The van der Waals surface area contributed by atoms with Crippen LogP contribution in [0.4, 0.5) is 0 Å². The average molecular weight is 300 g/mol. The first-order chi connectivity index (χ1) is 10.3. The number of hydrogen-bond donors (Lipinski definition) is 0. The molecule has 0 radical (unpaired) electrons. The van der Waals surface area contributed by atoms with Crippen molar-refractivity contribution < 1.29 is 4.74 Å². The fraction of sp³-hybridized carbons (Fsp3) is 0.529. The zero-order chi connectivity index (χ0) is 16.5. The molecule has 5 heteroatoms. The lowest BCUT2D eigenvalue weighted by Crippen LogP contribution is -2.25. The third-order valence-electron chi connectivity index (χ3n) is 3.70. The monoisotopic (exact) mass is 300 g/mol. The molecule has 0 aliphatic carbocycles. The minimum absolute atomic E-state index is 0.253. The predicted molar refractivity (Wildman–Crippen MR) is 86.3 cm³/mol. The van der Waals surface area contributed by atoms with Gasteiger partial charge in [0.2, 0.25) is 5.88 Å². The van der Waals surface area contributed by atoms with Gasteiger partial charge in [0.1, 0.15) is 11.6 Å². The molecule has 0 aliphatic heterocycles. The van der Waals surface area contributed by atoms with Crippen molar-refractivity contribution in [3.63, 3.8) is 0 Å². The minimum atomic E-state index is -0.433. The molecule has 0 fully saturated rings. The number of aryl methyl sites for hydroxylation is 2. The van der Waals surface area contributed by atoms with Crippen LogP contribution in [0.2, 0.25) is 0 Å². The second-order valence-corrected chi connectivity index (χ2v) is 6.41. The third kappa shape index (κ3) is 3.08. The predicted octanol–water partition coefficient (Wildman–Crippen LogP) is 3.34. The molecule has 0 saturated heterocycles. The molecule has 2 aromatic rings. The summed E-state index contributed by atoms with van der Waals surface area (Å²) < 4.78 is 5.50. The lowest BCUT2D eigenvalue weighted by Gasteiger charge is -2.25. The Morgan fingerprint density at radius 2 is 1.64 bits per heavy atom. The van der Waals surface area contributed by atoms with E-state index < -0.39 is 5.41 Å². The molecule has 5 nitrogen and oxygen atoms in total. The van der Waals surface area contributed by atoms with Crippen molar-refractivity contribution >= 4 is 0 Å². The molecule has 0 spiro atoms. The van der Waals surface area contributed by atoms with Crippen molar-refractivity contribution in [2.24, 2.45) is 0 Å². The van der Waals surface area contributed by atoms with Crippen LogP contribution in [0.1, 0.15) is 62.2 Å². The molecule has 0 N–H and O–H groups in total. The fourth-order valence-electron chi connectivity index (χ4n) is 2.37. The Balaban J connectivity index is 2.57. The largest absolute Gasteiger partial charge is 0.481 e. The molecular formula is C17H24N4O. The highest BCUT2D eigenvalue weighted by Crippen LogP contribution is 2.34. The first-order valence-corrected chi connectivity index (χ1v) is 7.50. The van der Waals surface area contributed by atoms with Crippen LogP contribution in [-0.4, -0.2) is 27.0 Å². The van der Waals surface area contributed by atoms with Crippen LogP contribution < -0.4 is 4.74 Å². The SMILES string of the molecule is COc1nc(C(C)C)ncc1C(C)(C)c1nc(C)cc(C)n1. The Labute approximate surface area is 132 Å². The van der Waals surface area contributed by atoms with E-state index in [9.17, 15) is 0 Å². The van der Waals surface area contributed by atoms with Crippen LogP contribution >= 0.6 is 0 Å². The Kier molecular flexibility index (Phi) is 4.44. The van der Waals surface area contributed by atoms with E-state index in [0.717, 1.165) is 28.6 Å². The molecule has 0 aromatic carbocycles. The van der Waals surface area contributed by atoms with Gasteiger partial charge in [0.05, 0.1) is 12.5 Å². The summed E-state index contributed by atoms with van der Waals surface area (Å²) in [5, 5.41) is 0. The quantitative estimate of drug-likeness (QED) is 0.866. The van der Waals surface area contributed by atoms with E-state index in [1.165, 1.54) is 0 Å². The highest BCUT2D eigenvalue weighted by Gasteiger charge is 2.31. The van der Waals surface area contributed by atoms with Gasteiger partial charge >= 0.3 is 0 Å². The normalized spacial score (nSPS) is 11.8. The molecule has 0 bridgehead atoms. The Hall–Kier alpha value is -2.04. The van der Waals surface area contributed by atoms with E-state index in [1.54, 1.807) is 7.11 Å². The van der Waals surface area contributed by atoms with E-state index in [4.69, 9.17) is 4.74 Å². The minimum Gasteiger partial charge on any atom is -0.481 e. The van der Waals surface area contributed by atoms with Gasteiger partial charge in [-0.1, -0.05) is 13.8 Å². The molecule has 0 unspecified atom stereocenters. The van der Waals surface area contributed by atoms with Crippen LogP contribution in [0.15, 0.2) is 12.3 Å². The number of ether oxygens (including phenoxy) is 1. The maximum atomic E-state index is 5.50. The second kappa shape index (κ2) is 5.99. The standard InChI is InChI=1S/C17H24N4O/c1-10(2)14-18-9-13(15(21-14)22-7)17(5,6)16-19-11(3)8-12(4)20-16/h8-10H,1-7H3. The van der Waals surface area contributed by atoms with Gasteiger partial charge in [-0.15, -0.1) is 0 Å². The zero-order valence-corrected chi connectivity index (χ0v) is 14.4. The number of nitrogens with zero attached hydrogens (tertiary/aromatic N) is 4. The molecule has 0 amide bonds. The summed E-state index contributed by atoms with van der Waals surface area (Å²) >= 11 is 0. The van der Waals surface area contributed by atoms with Crippen molar-refractivity contribution in [1.29, 1.82) is 0 Å². The summed E-state index contributed by atoms with van der Waals surface area (Å²) in [5.74, 6) is 2.37. The molecule has 118 valence electrons. The van der Waals surface area contributed by atoms with E-state index in [-0.39, 0.29) is 5.92 Å². The first-order valence-electron chi connectivity index (χ1n) is 7.50. The van der Waals surface area contributed by atoms with Crippen LogP contribution in [-0.2, 0) is 5.41 Å². The van der Waals surface area contributed by atoms with Crippen LogP contribution in [0, 0.1) is 13.8 Å². The molecule has 2 aromatic heterocycles. The van der Waals surface area contributed by atoms with E-state index >= 15 is 0 Å². The van der Waals surface area contributed by atoms with E-state index in [2.05, 4.69) is 47.6 Å². The number of rotatable bonds is 4. The van der Waals surface area contributed by atoms with Gasteiger partial charge in [0.25, 0.3) is 0 Å². The summed E-state index contributed by atoms with van der Waals surface area (Å²) in [5.41, 5.74) is 2.37. The Bertz CT molecular complexity index is 660. The molecular weight excluding hydrogens is 276 g/mol. The van der Waals surface area contributed by atoms with Crippen molar-refractivity contribution in [1.82, 2.24) is 19.9 Å². The first kappa shape index (κ1) is 16.3. The van der Waals surface area contributed by atoms with Gasteiger partial charge in [-0.25, -0.2) is 15.0 Å². The molecule has 0 aliphatic rings.